The molecule has 3 nitrogen and oxygen atoms in total. The minimum absolute atomic E-state index is 0. The standard InChI is InChI=1S/C15H23N2OS.HI/c1-3-4-5-6-10-17-14(18)12-19-15(17)13-8-7-9-16(2)11-13;/h7-9,11,15H,3-6,10,12H2,1-2H3;1H/q+1;/p-1. The van der Waals surface area contributed by atoms with Crippen LogP contribution in [0.25, 0.3) is 0 Å². The van der Waals surface area contributed by atoms with Gasteiger partial charge in [0.05, 0.1) is 5.75 Å². The van der Waals surface area contributed by atoms with Crippen LogP contribution >= 0.6 is 11.8 Å². The molecule has 1 fully saturated rings. The van der Waals surface area contributed by atoms with E-state index in [0.717, 1.165) is 13.0 Å². The molecule has 0 bridgehead atoms. The highest BCUT2D eigenvalue weighted by molar-refractivity contribution is 8.00. The number of nitrogens with zero attached hydrogens (tertiary/aromatic N) is 2. The van der Waals surface area contributed by atoms with Crippen LogP contribution in [-0.2, 0) is 11.8 Å². The number of carbonyl (C=O) groups is 1. The summed E-state index contributed by atoms with van der Waals surface area (Å²) in [6.07, 6.45) is 8.99. The summed E-state index contributed by atoms with van der Waals surface area (Å²) < 4.78 is 2.05. The number of halogens is 1. The van der Waals surface area contributed by atoms with Gasteiger partial charge in [0.15, 0.2) is 12.4 Å². The first kappa shape index (κ1) is 17.8. The molecule has 0 N–H and O–H groups in total. The van der Waals surface area contributed by atoms with Gasteiger partial charge in [-0.05, 0) is 12.5 Å². The molecule has 0 saturated carbocycles. The number of unbranched alkanes of at least 4 members (excludes halogenated alkanes) is 3. The Balaban J connectivity index is 0.00000200. The predicted octanol–water partition coefficient (Wildman–Crippen LogP) is -0.331. The fourth-order valence-electron chi connectivity index (χ4n) is 2.44. The normalized spacial score (nSPS) is 18.2. The molecule has 1 aromatic rings. The van der Waals surface area contributed by atoms with E-state index in [9.17, 15) is 4.79 Å². The molecule has 2 rings (SSSR count). The van der Waals surface area contributed by atoms with Crippen molar-refractivity contribution in [2.24, 2.45) is 7.05 Å². The first-order chi connectivity index (χ1) is 9.22. The van der Waals surface area contributed by atoms with E-state index in [1.165, 1.54) is 24.8 Å². The van der Waals surface area contributed by atoms with E-state index in [4.69, 9.17) is 0 Å². The van der Waals surface area contributed by atoms with Crippen molar-refractivity contribution in [3.63, 3.8) is 0 Å². The fraction of sp³-hybridized carbons (Fsp3) is 0.600. The van der Waals surface area contributed by atoms with Gasteiger partial charge in [0.2, 0.25) is 5.91 Å². The van der Waals surface area contributed by atoms with E-state index in [0.29, 0.717) is 5.75 Å². The van der Waals surface area contributed by atoms with Crippen LogP contribution in [0.3, 0.4) is 0 Å². The monoisotopic (exact) mass is 406 g/mol. The number of hydrogen-bond acceptors (Lipinski definition) is 2. The summed E-state index contributed by atoms with van der Waals surface area (Å²) in [5.41, 5.74) is 1.23. The summed E-state index contributed by atoms with van der Waals surface area (Å²) in [6, 6.07) is 4.17. The predicted molar refractivity (Wildman–Crippen MR) is 78.7 cm³/mol. The van der Waals surface area contributed by atoms with Crippen LogP contribution in [-0.4, -0.2) is 23.1 Å². The minimum atomic E-state index is 0. The third-order valence-corrected chi connectivity index (χ3v) is 4.72. The highest BCUT2D eigenvalue weighted by atomic mass is 127. The number of thioether (sulfide) groups is 1. The number of pyridine rings is 1. The van der Waals surface area contributed by atoms with Gasteiger partial charge < -0.3 is 28.9 Å². The van der Waals surface area contributed by atoms with Crippen LogP contribution in [0, 0.1) is 0 Å². The molecule has 20 heavy (non-hydrogen) atoms. The third kappa shape index (κ3) is 4.62. The third-order valence-electron chi connectivity index (χ3n) is 3.47. The van der Waals surface area contributed by atoms with Crippen LogP contribution in [0.1, 0.15) is 43.5 Å². The zero-order valence-electron chi connectivity index (χ0n) is 12.2. The molecule has 1 atom stereocenters. The molecule has 1 unspecified atom stereocenters. The molecule has 0 aromatic carbocycles. The second kappa shape index (κ2) is 8.87. The van der Waals surface area contributed by atoms with Crippen molar-refractivity contribution < 1.29 is 33.3 Å². The highest BCUT2D eigenvalue weighted by Crippen LogP contribution is 2.38. The van der Waals surface area contributed by atoms with Crippen LogP contribution in [0.4, 0.5) is 0 Å². The topological polar surface area (TPSA) is 24.2 Å². The van der Waals surface area contributed by atoms with Crippen LogP contribution < -0.4 is 28.5 Å². The Morgan fingerprint density at radius 3 is 2.90 bits per heavy atom. The van der Waals surface area contributed by atoms with Gasteiger partial charge >= 0.3 is 0 Å². The van der Waals surface area contributed by atoms with Crippen LogP contribution in [0.15, 0.2) is 24.5 Å². The van der Waals surface area contributed by atoms with Gasteiger partial charge in [-0.2, -0.15) is 0 Å². The largest absolute Gasteiger partial charge is 1.00 e. The molecule has 112 valence electrons. The van der Waals surface area contributed by atoms with Crippen LogP contribution in [0.5, 0.6) is 0 Å². The van der Waals surface area contributed by atoms with E-state index < -0.39 is 0 Å². The van der Waals surface area contributed by atoms with Gasteiger partial charge in [0.25, 0.3) is 0 Å². The number of amides is 1. The van der Waals surface area contributed by atoms with Crippen molar-refractivity contribution in [3.05, 3.63) is 30.1 Å². The maximum absolute atomic E-state index is 12.0. The average Bonchev–Trinajstić information content (AvgIpc) is 2.76. The minimum Gasteiger partial charge on any atom is -1.00 e. The molecule has 0 aliphatic carbocycles. The molecule has 1 amide bonds. The number of rotatable bonds is 6. The zero-order valence-corrected chi connectivity index (χ0v) is 15.2. The van der Waals surface area contributed by atoms with E-state index in [-0.39, 0.29) is 35.3 Å². The lowest BCUT2D eigenvalue weighted by molar-refractivity contribution is -0.672. The van der Waals surface area contributed by atoms with E-state index >= 15 is 0 Å². The van der Waals surface area contributed by atoms with Gasteiger partial charge in [0.1, 0.15) is 12.4 Å². The van der Waals surface area contributed by atoms with Gasteiger partial charge in [-0.3, -0.25) is 4.79 Å². The molecule has 0 radical (unpaired) electrons. The Morgan fingerprint density at radius 2 is 2.20 bits per heavy atom. The summed E-state index contributed by atoms with van der Waals surface area (Å²) in [6.45, 7) is 3.11. The summed E-state index contributed by atoms with van der Waals surface area (Å²) in [5.74, 6) is 0.912. The van der Waals surface area contributed by atoms with Crippen molar-refractivity contribution in [1.82, 2.24) is 4.90 Å². The number of aromatic nitrogens is 1. The molecule has 0 spiro atoms. The lowest BCUT2D eigenvalue weighted by Crippen LogP contribution is -3.00. The number of carbonyl (C=O) groups excluding carboxylic acids is 1. The summed E-state index contributed by atoms with van der Waals surface area (Å²) in [7, 11) is 2.02. The molecule has 1 aromatic heterocycles. The van der Waals surface area contributed by atoms with Gasteiger partial charge in [-0.1, -0.05) is 26.2 Å². The molecule has 1 aliphatic heterocycles. The Kier molecular flexibility index (Phi) is 7.87. The van der Waals surface area contributed by atoms with Gasteiger partial charge in [0, 0.05) is 18.2 Å². The molecule has 2 heterocycles. The molecular weight excluding hydrogens is 383 g/mol. The van der Waals surface area contributed by atoms with Crippen molar-refractivity contribution in [2.45, 2.75) is 38.0 Å². The molecular formula is C15H23IN2OS. The Morgan fingerprint density at radius 1 is 1.40 bits per heavy atom. The molecule has 1 aliphatic rings. The second-order valence-corrected chi connectivity index (χ2v) is 6.18. The first-order valence-corrected chi connectivity index (χ1v) is 8.13. The summed E-state index contributed by atoms with van der Waals surface area (Å²) in [4.78, 5) is 14.1. The summed E-state index contributed by atoms with van der Waals surface area (Å²) >= 11 is 1.75. The maximum atomic E-state index is 12.0. The van der Waals surface area contributed by atoms with E-state index in [1.54, 1.807) is 11.8 Å². The van der Waals surface area contributed by atoms with E-state index in [1.807, 2.05) is 23.9 Å². The Bertz CT molecular complexity index is 442. The molecule has 1 saturated heterocycles. The Labute approximate surface area is 143 Å². The van der Waals surface area contributed by atoms with Crippen molar-refractivity contribution in [2.75, 3.05) is 12.3 Å². The highest BCUT2D eigenvalue weighted by Gasteiger charge is 2.33. The lowest BCUT2D eigenvalue weighted by atomic mass is 10.2. The first-order valence-electron chi connectivity index (χ1n) is 7.08. The zero-order chi connectivity index (χ0) is 13.7. The Hall–Kier alpha value is -0.300. The van der Waals surface area contributed by atoms with Crippen molar-refractivity contribution in [3.8, 4) is 0 Å². The number of aryl methyl sites for hydroxylation is 1. The smallest absolute Gasteiger partial charge is 0.233 e. The number of hydrogen-bond donors (Lipinski definition) is 0. The second-order valence-electron chi connectivity index (χ2n) is 5.11. The fourth-order valence-corrected chi connectivity index (χ4v) is 3.64. The van der Waals surface area contributed by atoms with E-state index in [2.05, 4.69) is 24.1 Å². The maximum Gasteiger partial charge on any atom is 0.233 e. The summed E-state index contributed by atoms with van der Waals surface area (Å²) in [5, 5.41) is 0.210. The average molecular weight is 406 g/mol. The van der Waals surface area contributed by atoms with Crippen LogP contribution in [0.2, 0.25) is 0 Å². The molecule has 5 heteroatoms. The van der Waals surface area contributed by atoms with Crippen molar-refractivity contribution in [1.29, 1.82) is 0 Å². The lowest BCUT2D eigenvalue weighted by Gasteiger charge is -2.23. The van der Waals surface area contributed by atoms with Gasteiger partial charge in [-0.25, -0.2) is 4.57 Å². The quantitative estimate of drug-likeness (QED) is 0.367. The van der Waals surface area contributed by atoms with Gasteiger partial charge in [-0.15, -0.1) is 11.8 Å². The van der Waals surface area contributed by atoms with Crippen molar-refractivity contribution >= 4 is 17.7 Å². The SMILES string of the molecule is CCCCCCN1C(=O)CSC1c1ccc[n+](C)c1.[I-].